The van der Waals surface area contributed by atoms with Crippen LogP contribution in [0.15, 0.2) is 58.1 Å². The van der Waals surface area contributed by atoms with E-state index < -0.39 is 4.92 Å². The van der Waals surface area contributed by atoms with Crippen molar-refractivity contribution in [2.24, 2.45) is 5.11 Å². The second-order valence-corrected chi connectivity index (χ2v) is 4.25. The molecule has 0 saturated heterocycles. The number of nitrogens with zero attached hydrogens (tertiary/aromatic N) is 4. The van der Waals surface area contributed by atoms with Crippen LogP contribution in [0.5, 0.6) is 0 Å². The van der Waals surface area contributed by atoms with Crippen molar-refractivity contribution in [1.82, 2.24) is 0 Å². The van der Waals surface area contributed by atoms with Crippen LogP contribution < -0.4 is 0 Å². The molecule has 7 nitrogen and oxygen atoms in total. The Labute approximate surface area is 118 Å². The number of rotatable bonds is 3. The topological polar surface area (TPSA) is 105 Å². The van der Waals surface area contributed by atoms with Crippen molar-refractivity contribution in [3.8, 4) is 11.1 Å². The first-order valence-electron chi connectivity index (χ1n) is 6.03. The lowest BCUT2D eigenvalue weighted by molar-refractivity contribution is -0.400. The van der Waals surface area contributed by atoms with Crippen LogP contribution in [0, 0.1) is 10.1 Å². The Morgan fingerprint density at radius 1 is 1.14 bits per heavy atom. The molecule has 0 aliphatic heterocycles. The number of benzene rings is 2. The van der Waals surface area contributed by atoms with Gasteiger partial charge in [-0.05, 0) is 17.2 Å². The Hall–Kier alpha value is -3.31. The normalized spacial score (nSPS) is 10.3. The summed E-state index contributed by atoms with van der Waals surface area (Å²) in [4.78, 5) is 13.4. The number of para-hydroxylation sites is 1. The lowest BCUT2D eigenvalue weighted by atomic mass is 10.0. The van der Waals surface area contributed by atoms with Crippen molar-refractivity contribution >= 4 is 22.5 Å². The molecule has 0 radical (unpaired) electrons. The van der Waals surface area contributed by atoms with Crippen LogP contribution in [0.3, 0.4) is 0 Å². The van der Waals surface area contributed by atoms with Crippen LogP contribution in [-0.2, 0) is 0 Å². The summed E-state index contributed by atoms with van der Waals surface area (Å²) >= 11 is 0. The number of hydrogen-bond donors (Lipinski definition) is 0. The molecule has 102 valence electrons. The lowest BCUT2D eigenvalue weighted by Crippen LogP contribution is -1.87. The highest BCUT2D eigenvalue weighted by atomic mass is 16.6. The van der Waals surface area contributed by atoms with Gasteiger partial charge in [-0.3, -0.25) is 10.1 Å². The maximum atomic E-state index is 11.2. The van der Waals surface area contributed by atoms with Crippen molar-refractivity contribution in [3.63, 3.8) is 0 Å². The second kappa shape index (κ2) is 4.99. The van der Waals surface area contributed by atoms with Crippen LogP contribution in [-0.4, -0.2) is 4.92 Å². The van der Waals surface area contributed by atoms with Crippen LogP contribution >= 0.6 is 0 Å². The molecule has 0 atom stereocenters. The maximum absolute atomic E-state index is 11.2. The molecule has 0 fully saturated rings. The molecule has 0 bridgehead atoms. The molecule has 7 heteroatoms. The van der Waals surface area contributed by atoms with Gasteiger partial charge in [-0.25, -0.2) is 0 Å². The van der Waals surface area contributed by atoms with E-state index in [0.29, 0.717) is 16.5 Å². The van der Waals surface area contributed by atoms with E-state index in [1.54, 1.807) is 42.5 Å². The van der Waals surface area contributed by atoms with E-state index in [2.05, 4.69) is 10.0 Å². The molecule has 0 aliphatic rings. The minimum absolute atomic E-state index is 0.209. The zero-order valence-electron chi connectivity index (χ0n) is 10.6. The van der Waals surface area contributed by atoms with Crippen LogP contribution in [0.2, 0.25) is 0 Å². The lowest BCUT2D eigenvalue weighted by Gasteiger charge is -1.97. The van der Waals surface area contributed by atoms with Crippen molar-refractivity contribution in [2.75, 3.05) is 0 Å². The predicted octanol–water partition coefficient (Wildman–Crippen LogP) is 4.95. The third kappa shape index (κ3) is 2.07. The molecule has 1 heterocycles. The van der Waals surface area contributed by atoms with Gasteiger partial charge < -0.3 is 4.42 Å². The molecule has 0 N–H and O–H groups in total. The Balaban J connectivity index is 2.42. The fourth-order valence-corrected chi connectivity index (χ4v) is 2.23. The fourth-order valence-electron chi connectivity index (χ4n) is 2.23. The summed E-state index contributed by atoms with van der Waals surface area (Å²) in [5.41, 5.74) is 10.0. The molecule has 3 rings (SSSR count). The van der Waals surface area contributed by atoms with Gasteiger partial charge in [0.15, 0.2) is 5.58 Å². The van der Waals surface area contributed by atoms with E-state index in [9.17, 15) is 10.1 Å². The fraction of sp³-hybridized carbons (Fsp3) is 0. The van der Waals surface area contributed by atoms with E-state index >= 15 is 0 Å². The Morgan fingerprint density at radius 3 is 2.57 bits per heavy atom. The summed E-state index contributed by atoms with van der Waals surface area (Å²) in [6.45, 7) is 0. The number of nitro groups is 1. The number of azide groups is 1. The molecule has 0 aliphatic carbocycles. The Bertz CT molecular complexity index is 880. The van der Waals surface area contributed by atoms with Crippen molar-refractivity contribution < 1.29 is 9.34 Å². The van der Waals surface area contributed by atoms with E-state index in [4.69, 9.17) is 9.95 Å². The Kier molecular flexibility index (Phi) is 3.02. The quantitative estimate of drug-likeness (QED) is 0.223. The largest absolute Gasteiger partial charge is 0.442 e. The highest BCUT2D eigenvalue weighted by molar-refractivity contribution is 6.02. The smallest absolute Gasteiger partial charge is 0.400 e. The monoisotopic (exact) mass is 280 g/mol. The SMILES string of the molecule is [N-]=[N+]=Nc1cccc2c(-c3ccccc3)c([N+](=O)[O-])oc12. The summed E-state index contributed by atoms with van der Waals surface area (Å²) in [5, 5.41) is 15.3. The molecule has 1 aromatic heterocycles. The molecule has 0 spiro atoms. The average molecular weight is 280 g/mol. The standard InChI is InChI=1S/C14H8N4O3/c15-17-16-11-8-4-7-10-12(9-5-2-1-3-6-9)14(18(19)20)21-13(10)11/h1-8H. The van der Waals surface area contributed by atoms with Crippen LogP contribution in [0.25, 0.3) is 32.5 Å². The third-order valence-corrected chi connectivity index (χ3v) is 3.06. The van der Waals surface area contributed by atoms with Gasteiger partial charge in [0, 0.05) is 10.3 Å². The summed E-state index contributed by atoms with van der Waals surface area (Å²) in [7, 11) is 0. The molecule has 3 aromatic rings. The average Bonchev–Trinajstić information content (AvgIpc) is 2.89. The molecule has 0 saturated carbocycles. The molecular weight excluding hydrogens is 272 g/mol. The van der Waals surface area contributed by atoms with Crippen molar-refractivity contribution in [2.45, 2.75) is 0 Å². The third-order valence-electron chi connectivity index (χ3n) is 3.06. The van der Waals surface area contributed by atoms with Gasteiger partial charge in [-0.2, -0.15) is 0 Å². The van der Waals surface area contributed by atoms with Gasteiger partial charge in [0.1, 0.15) is 10.5 Å². The maximum Gasteiger partial charge on any atom is 0.442 e. The number of furan rings is 1. The van der Waals surface area contributed by atoms with Gasteiger partial charge in [-0.15, -0.1) is 0 Å². The van der Waals surface area contributed by atoms with E-state index in [1.807, 2.05) is 6.07 Å². The second-order valence-electron chi connectivity index (χ2n) is 4.25. The highest BCUT2D eigenvalue weighted by Gasteiger charge is 2.26. The van der Waals surface area contributed by atoms with Crippen molar-refractivity contribution in [1.29, 1.82) is 0 Å². The van der Waals surface area contributed by atoms with E-state index in [0.717, 1.165) is 0 Å². The molecule has 2 aromatic carbocycles. The predicted molar refractivity (Wildman–Crippen MR) is 77.1 cm³/mol. The van der Waals surface area contributed by atoms with Crippen molar-refractivity contribution in [3.05, 3.63) is 69.1 Å². The van der Waals surface area contributed by atoms with E-state index in [1.165, 1.54) is 0 Å². The molecular formula is C14H8N4O3. The molecule has 0 amide bonds. The molecule has 21 heavy (non-hydrogen) atoms. The summed E-state index contributed by atoms with van der Waals surface area (Å²) in [6, 6.07) is 13.8. The minimum Gasteiger partial charge on any atom is -0.400 e. The van der Waals surface area contributed by atoms with E-state index in [-0.39, 0.29) is 17.2 Å². The number of hydrogen-bond acceptors (Lipinski definition) is 4. The van der Waals surface area contributed by atoms with Gasteiger partial charge >= 0.3 is 5.88 Å². The summed E-state index contributed by atoms with van der Waals surface area (Å²) in [6.07, 6.45) is 0. The highest BCUT2D eigenvalue weighted by Crippen LogP contribution is 2.42. The first kappa shape index (κ1) is 12.7. The summed E-state index contributed by atoms with van der Waals surface area (Å²) in [5.74, 6) is -0.364. The first-order chi connectivity index (χ1) is 10.2. The van der Waals surface area contributed by atoms with Crippen LogP contribution in [0.1, 0.15) is 0 Å². The number of fused-ring (bicyclic) bond motifs is 1. The Morgan fingerprint density at radius 2 is 1.90 bits per heavy atom. The van der Waals surface area contributed by atoms with Gasteiger partial charge in [0.05, 0.1) is 5.69 Å². The van der Waals surface area contributed by atoms with Gasteiger partial charge in [-0.1, -0.05) is 47.6 Å². The van der Waals surface area contributed by atoms with Crippen LogP contribution in [0.4, 0.5) is 11.6 Å². The van der Waals surface area contributed by atoms with Gasteiger partial charge in [0.2, 0.25) is 0 Å². The van der Waals surface area contributed by atoms with Gasteiger partial charge in [0.25, 0.3) is 0 Å². The zero-order chi connectivity index (χ0) is 14.8. The minimum atomic E-state index is -0.581. The zero-order valence-corrected chi connectivity index (χ0v) is 10.6. The summed E-state index contributed by atoms with van der Waals surface area (Å²) < 4.78 is 5.33. The first-order valence-corrected chi connectivity index (χ1v) is 6.03. The molecule has 0 unspecified atom stereocenters.